The highest BCUT2D eigenvalue weighted by Crippen LogP contribution is 2.30. The Balaban J connectivity index is 0.00000137. The fourth-order valence-corrected chi connectivity index (χ4v) is 3.07. The number of amides is 1. The third kappa shape index (κ3) is 10.8. The largest absolute Gasteiger partial charge is 0.426 e. The van der Waals surface area contributed by atoms with Crippen LogP contribution < -0.4 is 11.1 Å². The Labute approximate surface area is 217 Å². The lowest BCUT2D eigenvalue weighted by atomic mass is 10.0. The lowest BCUT2D eigenvalue weighted by molar-refractivity contribution is -0.109. The first-order valence-electron chi connectivity index (χ1n) is 12.8. The van der Waals surface area contributed by atoms with E-state index in [0.29, 0.717) is 6.41 Å². The van der Waals surface area contributed by atoms with Crippen molar-refractivity contribution in [2.75, 3.05) is 7.05 Å². The van der Waals surface area contributed by atoms with Gasteiger partial charge in [0.25, 0.3) is 6.02 Å². The van der Waals surface area contributed by atoms with Gasteiger partial charge in [0.05, 0.1) is 5.69 Å². The van der Waals surface area contributed by atoms with Crippen LogP contribution in [0.15, 0.2) is 53.7 Å². The number of unbranched alkanes of at least 4 members (excludes halogenated alkanes) is 1. The number of allylic oxidation sites excluding steroid dienone is 1. The van der Waals surface area contributed by atoms with Gasteiger partial charge >= 0.3 is 0 Å². The molecule has 0 atom stereocenters. The van der Waals surface area contributed by atoms with Crippen molar-refractivity contribution in [2.45, 2.75) is 74.3 Å². The van der Waals surface area contributed by atoms with Gasteiger partial charge in [0.2, 0.25) is 6.41 Å². The van der Waals surface area contributed by atoms with Crippen LogP contribution in [0.4, 0.5) is 0 Å². The molecule has 3 aromatic rings. The number of aromatic amines is 1. The summed E-state index contributed by atoms with van der Waals surface area (Å²) >= 11 is 0. The van der Waals surface area contributed by atoms with Crippen molar-refractivity contribution in [3.63, 3.8) is 0 Å². The van der Waals surface area contributed by atoms with Gasteiger partial charge in [-0.2, -0.15) is 0 Å². The second-order valence-electron chi connectivity index (χ2n) is 7.55. The molecule has 0 bridgehead atoms. The van der Waals surface area contributed by atoms with E-state index in [2.05, 4.69) is 45.4 Å². The molecule has 0 aliphatic carbocycles. The van der Waals surface area contributed by atoms with Crippen molar-refractivity contribution in [3.8, 4) is 11.3 Å². The number of nitrogens with zero attached hydrogens (tertiary/aromatic N) is 2. The maximum atomic E-state index is 9.06. The lowest BCUT2D eigenvalue weighted by Crippen LogP contribution is -2.17. The number of aromatic nitrogens is 2. The Morgan fingerprint density at radius 2 is 1.86 bits per heavy atom. The number of nitrogens with one attached hydrogen (secondary N) is 2. The minimum Gasteiger partial charge on any atom is -0.426 e. The standard InChI is InChI=1S/C23H28N4O.C2H5NO.2C2H6/c1-5-6-10-22(28-23(24)26-15(2)3)17-11-12-20-18(13-17)19(14-25-20)21-9-7-8-16(4)27-21;1-3-2-4;2*1-2/h7-15,25H,5-6H2,1-4H3,(H2,24,26);2H,1H3,(H,3,4);2*1-2H3/b22-10+;;;. The molecule has 0 aliphatic rings. The van der Waals surface area contributed by atoms with Gasteiger partial charge in [-0.25, -0.2) is 4.99 Å². The number of aliphatic imine (C=N–C) groups is 1. The fraction of sp³-hybridized carbons (Fsp3) is 0.414. The molecule has 0 radical (unpaired) electrons. The van der Waals surface area contributed by atoms with Gasteiger partial charge in [0.15, 0.2) is 0 Å². The highest BCUT2D eigenvalue weighted by Gasteiger charge is 2.12. The molecular weight excluding hydrogens is 450 g/mol. The Bertz CT molecular complexity index is 1080. The summed E-state index contributed by atoms with van der Waals surface area (Å²) in [5.41, 5.74) is 11.0. The van der Waals surface area contributed by atoms with Crippen molar-refractivity contribution >= 4 is 29.1 Å². The number of carbonyl (C=O) groups is 1. The molecule has 0 saturated heterocycles. The van der Waals surface area contributed by atoms with Gasteiger partial charge in [-0.3, -0.25) is 9.78 Å². The molecule has 2 aromatic heterocycles. The second-order valence-corrected chi connectivity index (χ2v) is 7.55. The van der Waals surface area contributed by atoms with E-state index >= 15 is 0 Å². The van der Waals surface area contributed by atoms with Crippen LogP contribution in [0.3, 0.4) is 0 Å². The number of rotatable bonds is 7. The Kier molecular flexibility index (Phi) is 16.8. The summed E-state index contributed by atoms with van der Waals surface area (Å²) in [4.78, 5) is 21.4. The summed E-state index contributed by atoms with van der Waals surface area (Å²) < 4.78 is 5.90. The summed E-state index contributed by atoms with van der Waals surface area (Å²) in [6.07, 6.45) is 6.63. The number of carbonyl (C=O) groups excluding carboxylic acids is 1. The highest BCUT2D eigenvalue weighted by molar-refractivity contribution is 5.96. The van der Waals surface area contributed by atoms with E-state index in [1.165, 1.54) is 0 Å². The van der Waals surface area contributed by atoms with Crippen molar-refractivity contribution in [3.05, 3.63) is 59.9 Å². The molecule has 7 heteroatoms. The van der Waals surface area contributed by atoms with E-state index < -0.39 is 0 Å². The minimum atomic E-state index is 0.0820. The van der Waals surface area contributed by atoms with E-state index in [9.17, 15) is 0 Å². The molecule has 0 unspecified atom stereocenters. The summed E-state index contributed by atoms with van der Waals surface area (Å²) in [6, 6.07) is 12.5. The number of pyridine rings is 1. The monoisotopic (exact) mass is 495 g/mol. The number of amidine groups is 1. The molecule has 0 spiro atoms. The Hall–Kier alpha value is -3.61. The normalized spacial score (nSPS) is 10.8. The van der Waals surface area contributed by atoms with E-state index in [1.54, 1.807) is 7.05 Å². The van der Waals surface area contributed by atoms with Crippen LogP contribution in [-0.4, -0.2) is 35.5 Å². The fourth-order valence-electron chi connectivity index (χ4n) is 3.07. The summed E-state index contributed by atoms with van der Waals surface area (Å²) in [5.74, 6) is 0.731. The first kappa shape index (κ1) is 32.4. The highest BCUT2D eigenvalue weighted by atomic mass is 16.5. The van der Waals surface area contributed by atoms with E-state index in [-0.39, 0.29) is 12.1 Å². The zero-order valence-electron chi connectivity index (χ0n) is 23.5. The first-order valence-corrected chi connectivity index (χ1v) is 12.8. The van der Waals surface area contributed by atoms with Crippen molar-refractivity contribution in [1.29, 1.82) is 0 Å². The molecule has 7 nitrogen and oxygen atoms in total. The molecule has 198 valence electrons. The SMILES string of the molecule is CC.CC.CCC/C=C(/OC(N)=NC(C)C)c1ccc2[nH]cc(-c3cccc(C)n3)c2c1.CNC=O. The van der Waals surface area contributed by atoms with E-state index in [4.69, 9.17) is 15.3 Å². The zero-order chi connectivity index (χ0) is 27.5. The van der Waals surface area contributed by atoms with E-state index in [0.717, 1.165) is 52.0 Å². The number of nitrogens with two attached hydrogens (primary N) is 1. The molecule has 2 heterocycles. The maximum Gasteiger partial charge on any atom is 0.287 e. The number of fused-ring (bicyclic) bond motifs is 1. The molecule has 1 aromatic carbocycles. The van der Waals surface area contributed by atoms with Crippen LogP contribution in [0.5, 0.6) is 0 Å². The zero-order valence-corrected chi connectivity index (χ0v) is 23.5. The van der Waals surface area contributed by atoms with Gasteiger partial charge in [-0.1, -0.05) is 47.1 Å². The Morgan fingerprint density at radius 3 is 2.42 bits per heavy atom. The molecule has 36 heavy (non-hydrogen) atoms. The molecule has 3 rings (SSSR count). The Morgan fingerprint density at radius 1 is 1.19 bits per heavy atom. The second kappa shape index (κ2) is 18.7. The van der Waals surface area contributed by atoms with Crippen molar-refractivity contribution in [1.82, 2.24) is 15.3 Å². The van der Waals surface area contributed by atoms with Crippen molar-refractivity contribution < 1.29 is 9.53 Å². The molecule has 4 N–H and O–H groups in total. The topological polar surface area (TPSA) is 105 Å². The third-order valence-electron chi connectivity index (χ3n) is 4.47. The van der Waals surface area contributed by atoms with Crippen LogP contribution in [0.2, 0.25) is 0 Å². The molecule has 1 amide bonds. The van der Waals surface area contributed by atoms with Crippen molar-refractivity contribution in [2.24, 2.45) is 10.7 Å². The lowest BCUT2D eigenvalue weighted by Gasteiger charge is -2.11. The molecule has 0 aliphatic heterocycles. The number of H-pyrrole nitrogens is 1. The quantitative estimate of drug-likeness (QED) is 0.144. The number of ether oxygens (including phenoxy) is 1. The molecule has 0 fully saturated rings. The van der Waals surface area contributed by atoms with Crippen LogP contribution in [0.25, 0.3) is 27.9 Å². The first-order chi connectivity index (χ1) is 17.4. The van der Waals surface area contributed by atoms with Crippen LogP contribution >= 0.6 is 0 Å². The van der Waals surface area contributed by atoms with Gasteiger partial charge in [0, 0.05) is 47.0 Å². The number of hydrogen-bond acceptors (Lipinski definition) is 4. The third-order valence-corrected chi connectivity index (χ3v) is 4.47. The van der Waals surface area contributed by atoms with E-state index in [1.807, 2.05) is 78.9 Å². The van der Waals surface area contributed by atoms with Crippen LogP contribution in [0.1, 0.15) is 72.6 Å². The summed E-state index contributed by atoms with van der Waals surface area (Å²) in [6.45, 7) is 16.1. The predicted octanol–water partition coefficient (Wildman–Crippen LogP) is 6.83. The number of benzene rings is 1. The smallest absolute Gasteiger partial charge is 0.287 e. The number of aryl methyl sites for hydroxylation is 1. The van der Waals surface area contributed by atoms with Crippen LogP contribution in [0, 0.1) is 6.92 Å². The summed E-state index contributed by atoms with van der Waals surface area (Å²) in [5, 5.41) is 3.35. The van der Waals surface area contributed by atoms with Crippen LogP contribution in [-0.2, 0) is 9.53 Å². The average molecular weight is 496 g/mol. The predicted molar refractivity (Wildman–Crippen MR) is 155 cm³/mol. The number of hydrogen-bond donors (Lipinski definition) is 3. The maximum absolute atomic E-state index is 9.06. The van der Waals surface area contributed by atoms with Gasteiger partial charge in [-0.15, -0.1) is 0 Å². The molecular formula is C29H45N5O2. The minimum absolute atomic E-state index is 0.0820. The molecule has 0 saturated carbocycles. The van der Waals surface area contributed by atoms with Gasteiger partial charge in [-0.05, 0) is 63.6 Å². The summed E-state index contributed by atoms with van der Waals surface area (Å²) in [7, 11) is 1.56. The van der Waals surface area contributed by atoms with Gasteiger partial charge in [0.1, 0.15) is 5.76 Å². The average Bonchev–Trinajstić information content (AvgIpc) is 3.32. The van der Waals surface area contributed by atoms with Gasteiger partial charge < -0.3 is 20.8 Å².